The third-order valence-electron chi connectivity index (χ3n) is 20.2. The van der Waals surface area contributed by atoms with Crippen molar-refractivity contribution in [3.63, 3.8) is 0 Å². The van der Waals surface area contributed by atoms with Gasteiger partial charge in [-0.2, -0.15) is 0 Å². The Hall–Kier alpha value is -16.9. The largest absolute Gasteiger partial charge is 0.497 e. The molecule has 4 aliphatic rings. The van der Waals surface area contributed by atoms with Gasteiger partial charge in [-0.1, -0.05) is 12.8 Å². The minimum Gasteiger partial charge on any atom is -0.497 e. The van der Waals surface area contributed by atoms with Crippen molar-refractivity contribution in [3.05, 3.63) is 255 Å². The van der Waals surface area contributed by atoms with E-state index in [9.17, 15) is 182 Å². The first kappa shape index (κ1) is 111. The van der Waals surface area contributed by atoms with Crippen molar-refractivity contribution in [1.29, 1.82) is 0 Å². The normalized spacial score (nSPS) is 13.3. The molecular formula is C70H86N24O42. The molecule has 0 saturated carbocycles. The van der Waals surface area contributed by atoms with Crippen molar-refractivity contribution in [2.24, 2.45) is 0 Å². The first-order valence-electron chi connectivity index (χ1n) is 40.1. The van der Waals surface area contributed by atoms with Crippen molar-refractivity contribution < 1.29 is 119 Å². The Balaban J connectivity index is 0.000000347. The van der Waals surface area contributed by atoms with Crippen LogP contribution in [-0.2, 0) is 0 Å². The lowest BCUT2D eigenvalue weighted by atomic mass is 10.1. The summed E-state index contributed by atoms with van der Waals surface area (Å²) in [4.78, 5) is 183. The van der Waals surface area contributed by atoms with Crippen LogP contribution in [0.3, 0.4) is 0 Å². The number of likely N-dealkylation sites (tertiary alicyclic amines) is 4. The first-order valence-corrected chi connectivity index (χ1v) is 40.1. The van der Waals surface area contributed by atoms with Crippen molar-refractivity contribution >= 4 is 102 Å². The minimum atomic E-state index is -1.21. The molecule has 0 bridgehead atoms. The van der Waals surface area contributed by atoms with Gasteiger partial charge in [0.1, 0.15) is 0 Å². The van der Waals surface area contributed by atoms with Gasteiger partial charge in [0, 0.05) is 0 Å². The summed E-state index contributed by atoms with van der Waals surface area (Å²) in [5, 5.41) is 241. The predicted octanol–water partition coefficient (Wildman–Crippen LogP) is 11.8. The maximum Gasteiger partial charge on any atom is 0.324 e. The number of nitrogens with zero attached hydrogens (tertiary/aromatic N) is 24. The van der Waals surface area contributed by atoms with E-state index in [2.05, 4.69) is 29.4 Å². The summed E-state index contributed by atoms with van der Waals surface area (Å²) in [6.45, 7) is 24.0. The van der Waals surface area contributed by atoms with Gasteiger partial charge in [-0.05, 0) is 208 Å². The molecule has 0 unspecified atom stereocenters. The fourth-order valence-electron chi connectivity index (χ4n) is 13.6. The molecular weight excluding hydrogens is 1850 g/mol. The highest BCUT2D eigenvalue weighted by molar-refractivity contribution is 5.69. The average molecular weight is 1940 g/mol. The molecule has 0 aliphatic carbocycles. The van der Waals surface area contributed by atoms with Gasteiger partial charge in [-0.25, -0.2) is 0 Å². The number of nitro benzene ring substituents is 18. The van der Waals surface area contributed by atoms with Crippen molar-refractivity contribution in [2.75, 3.05) is 118 Å². The van der Waals surface area contributed by atoms with E-state index in [0.717, 1.165) is 0 Å². The predicted molar refractivity (Wildman–Crippen MR) is 461 cm³/mol. The van der Waals surface area contributed by atoms with E-state index in [1.807, 2.05) is 0 Å². The van der Waals surface area contributed by atoms with E-state index in [0.29, 0.717) is 72.8 Å². The number of aromatic hydroxyl groups is 6. The van der Waals surface area contributed by atoms with Crippen LogP contribution in [0.15, 0.2) is 72.8 Å². The number of hydrogen-bond donors (Lipinski definition) is 6. The lowest BCUT2D eigenvalue weighted by Gasteiger charge is -2.26. The molecule has 0 aromatic heterocycles. The zero-order chi connectivity index (χ0) is 102. The summed E-state index contributed by atoms with van der Waals surface area (Å²) in [5.74, 6) is -7.25. The van der Waals surface area contributed by atoms with E-state index >= 15 is 0 Å². The zero-order valence-electron chi connectivity index (χ0n) is 71.1. The number of nitro groups is 18. The topological polar surface area (TPSA) is 917 Å². The maximum atomic E-state index is 10.4. The van der Waals surface area contributed by atoms with Gasteiger partial charge < -0.3 is 60.0 Å². The number of benzene rings is 6. The summed E-state index contributed by atoms with van der Waals surface area (Å²) >= 11 is 0. The van der Waals surface area contributed by atoms with Crippen LogP contribution in [0.25, 0.3) is 0 Å². The van der Waals surface area contributed by atoms with Gasteiger partial charge in [0.05, 0.1) is 161 Å². The number of phenolic OH excluding ortho intramolecular Hbond substituents is 6. The molecule has 6 aromatic carbocycles. The van der Waals surface area contributed by atoms with Crippen LogP contribution in [0.4, 0.5) is 102 Å². The maximum absolute atomic E-state index is 10.4. The highest BCUT2D eigenvalue weighted by Crippen LogP contribution is 2.45. The fourth-order valence-corrected chi connectivity index (χ4v) is 13.6. The lowest BCUT2D eigenvalue weighted by molar-refractivity contribution is -0.404. The quantitative estimate of drug-likeness (QED) is 0.0118. The summed E-state index contributed by atoms with van der Waals surface area (Å²) in [6, 6.07) is 5.36. The summed E-state index contributed by atoms with van der Waals surface area (Å²) in [5.41, 5.74) is -18.0. The van der Waals surface area contributed by atoms with Crippen LogP contribution in [0, 0.1) is 182 Å². The minimum absolute atomic E-state index is 0.447. The molecule has 0 atom stereocenters. The third-order valence-corrected chi connectivity index (χ3v) is 20.2. The van der Waals surface area contributed by atoms with E-state index in [4.69, 9.17) is 30.6 Å². The highest BCUT2D eigenvalue weighted by atomic mass is 16.7. The van der Waals surface area contributed by atoms with Gasteiger partial charge in [-0.3, -0.25) is 182 Å². The highest BCUT2D eigenvalue weighted by Gasteiger charge is 2.37. The van der Waals surface area contributed by atoms with Crippen molar-refractivity contribution in [2.45, 2.75) is 103 Å². The second-order valence-electron chi connectivity index (χ2n) is 29.3. The van der Waals surface area contributed by atoms with Crippen LogP contribution >= 0.6 is 0 Å². The van der Waals surface area contributed by atoms with E-state index in [-0.39, 0.29) is 0 Å². The molecule has 66 nitrogen and oxygen atoms in total. The van der Waals surface area contributed by atoms with E-state index in [1.165, 1.54) is 221 Å². The number of phenols is 6. The molecule has 0 amide bonds. The molecule has 136 heavy (non-hydrogen) atoms. The molecule has 4 fully saturated rings. The molecule has 6 N–H and O–H groups in total. The van der Waals surface area contributed by atoms with Gasteiger partial charge in [0.25, 0.3) is 68.6 Å². The Morgan fingerprint density at radius 1 is 0.184 bits per heavy atom. The molecule has 0 radical (unpaired) electrons. The second kappa shape index (κ2) is 54.0. The Morgan fingerprint density at radius 3 is 0.397 bits per heavy atom. The standard InChI is InChI=1S/C34H68N6.6C6H3N3O7/c1(3-17-39(31-13-27-35-19-5-6-20-35)32-14-28-36-21-7-8-22-36)2-4-18-40(33-15-29-37-23-9-10-24-37)34-16-30-38-25-11-12-26-38;6*10-6-4(8(13)14)1-3(7(11)12)2-5(6)9(15)16/h1-34H2;6*1-2,10H. The molecule has 4 heterocycles. The first-order chi connectivity index (χ1) is 63.9. The Labute approximate surface area is 758 Å². The molecule has 4 saturated heterocycles. The monoisotopic (exact) mass is 1930 g/mol. The Morgan fingerprint density at radius 2 is 0.294 bits per heavy atom. The average Bonchev–Trinajstić information content (AvgIpc) is 1.17. The molecule has 4 aliphatic heterocycles. The van der Waals surface area contributed by atoms with Gasteiger partial charge in [0.15, 0.2) is 0 Å². The number of non-ortho nitro benzene ring substituents is 6. The molecule has 0 spiro atoms. The van der Waals surface area contributed by atoms with Gasteiger partial charge >= 0.3 is 68.2 Å². The molecule has 6 aromatic rings. The van der Waals surface area contributed by atoms with E-state index in [1.54, 1.807) is 0 Å². The number of hydrogen-bond acceptors (Lipinski definition) is 48. The van der Waals surface area contributed by atoms with Gasteiger partial charge in [0.2, 0.25) is 0 Å². The number of rotatable bonds is 41. The van der Waals surface area contributed by atoms with Crippen molar-refractivity contribution in [3.8, 4) is 34.5 Å². The fraction of sp³-hybridized carbons (Fsp3) is 0.486. The third kappa shape index (κ3) is 35.1. The smallest absolute Gasteiger partial charge is 0.324 e. The molecule has 66 heteroatoms. The van der Waals surface area contributed by atoms with Crippen LogP contribution in [0.1, 0.15) is 103 Å². The zero-order valence-corrected chi connectivity index (χ0v) is 71.1. The van der Waals surface area contributed by atoms with Crippen LogP contribution in [0.5, 0.6) is 34.5 Å². The SMILES string of the molecule is C(CCCN(CCCN1CCCC1)CCCN1CCCC1)CCN(CCCN1CCCC1)CCCN1CCCC1.O=[N+]([O-])c1cc([N+](=O)[O-])c(O)c([N+](=O)[O-])c1.O=[N+]([O-])c1cc([N+](=O)[O-])c(O)c([N+](=O)[O-])c1.O=[N+]([O-])c1cc([N+](=O)[O-])c(O)c([N+](=O)[O-])c1.O=[N+]([O-])c1cc([N+](=O)[O-])c(O)c([N+](=O)[O-])c1.O=[N+]([O-])c1cc([N+](=O)[O-])c(O)c([N+](=O)[O-])c1.O=[N+]([O-])c1cc([N+](=O)[O-])c(O)c([N+](=O)[O-])c1. The summed E-state index contributed by atoms with van der Waals surface area (Å²) in [7, 11) is 0. The lowest BCUT2D eigenvalue weighted by Crippen LogP contribution is -2.33. The second-order valence-corrected chi connectivity index (χ2v) is 29.3. The summed E-state index contributed by atoms with van der Waals surface area (Å²) < 4.78 is 0. The van der Waals surface area contributed by atoms with Crippen LogP contribution in [-0.4, -0.2) is 266 Å². The van der Waals surface area contributed by atoms with Crippen LogP contribution < -0.4 is 0 Å². The van der Waals surface area contributed by atoms with Crippen LogP contribution in [0.2, 0.25) is 0 Å². The number of unbranched alkanes of at least 4 members (excludes halogenated alkanes) is 3. The Kier molecular flexibility index (Phi) is 44.3. The summed E-state index contributed by atoms with van der Waals surface area (Å²) in [6.07, 6.45) is 22.5. The van der Waals surface area contributed by atoms with E-state index < -0.39 is 225 Å². The van der Waals surface area contributed by atoms with Crippen molar-refractivity contribution in [1.82, 2.24) is 29.4 Å². The molecule has 10 rings (SSSR count). The molecule has 738 valence electrons. The van der Waals surface area contributed by atoms with Gasteiger partial charge in [-0.15, -0.1) is 0 Å². The Bertz CT molecular complexity index is 4420.